The number of aliphatic hydroxyl groups is 1. The minimum atomic E-state index is -1.47. The van der Waals surface area contributed by atoms with Gasteiger partial charge in [-0.2, -0.15) is 4.98 Å². The van der Waals surface area contributed by atoms with Gasteiger partial charge in [-0.05, 0) is 43.5 Å². The first kappa shape index (κ1) is 20.0. The summed E-state index contributed by atoms with van der Waals surface area (Å²) in [6.07, 6.45) is 0.876. The van der Waals surface area contributed by atoms with Gasteiger partial charge in [0.25, 0.3) is 0 Å². The molecule has 0 amide bonds. The van der Waals surface area contributed by atoms with Crippen LogP contribution < -0.4 is 9.80 Å². The number of hydrogen-bond donors (Lipinski definition) is 2. The molecule has 7 nitrogen and oxygen atoms in total. The number of anilines is 2. The van der Waals surface area contributed by atoms with Gasteiger partial charge in [-0.1, -0.05) is 12.1 Å². The quantitative estimate of drug-likeness (QED) is 0.782. The van der Waals surface area contributed by atoms with Crippen LogP contribution in [0.4, 0.5) is 16.2 Å². The summed E-state index contributed by atoms with van der Waals surface area (Å²) in [5.41, 5.74) is -0.939. The van der Waals surface area contributed by atoms with E-state index in [4.69, 9.17) is 0 Å². The number of aliphatic hydroxyl groups excluding tert-OH is 1. The second kappa shape index (κ2) is 8.10. The number of carbonyl (C=O) groups is 1. The summed E-state index contributed by atoms with van der Waals surface area (Å²) in [4.78, 5) is 24.8. The Morgan fingerprint density at radius 1 is 1.43 bits per heavy atom. The van der Waals surface area contributed by atoms with E-state index in [0.29, 0.717) is 18.1 Å². The van der Waals surface area contributed by atoms with Gasteiger partial charge in [-0.15, -0.1) is 0 Å². The molecule has 2 N–H and O–H groups in total. The zero-order valence-corrected chi connectivity index (χ0v) is 16.0. The third-order valence-electron chi connectivity index (χ3n) is 5.39. The first-order chi connectivity index (χ1) is 13.4. The molecular formula is C20H25FN4O3. The Morgan fingerprint density at radius 2 is 2.21 bits per heavy atom. The van der Waals surface area contributed by atoms with Gasteiger partial charge in [0, 0.05) is 32.9 Å². The van der Waals surface area contributed by atoms with Crippen LogP contribution in [-0.4, -0.2) is 58.9 Å². The summed E-state index contributed by atoms with van der Waals surface area (Å²) in [5, 5.41) is 20.6. The lowest BCUT2D eigenvalue weighted by Gasteiger charge is -2.43. The van der Waals surface area contributed by atoms with Crippen molar-refractivity contribution in [1.29, 1.82) is 0 Å². The van der Waals surface area contributed by atoms with E-state index in [-0.39, 0.29) is 19.4 Å². The average Bonchev–Trinajstić information content (AvgIpc) is 2.69. The fourth-order valence-corrected chi connectivity index (χ4v) is 3.59. The molecule has 2 aromatic rings. The number of hydrogen-bond acceptors (Lipinski definition) is 6. The number of aromatic nitrogens is 2. The summed E-state index contributed by atoms with van der Waals surface area (Å²) in [7, 11) is 1.91. The smallest absolute Gasteiger partial charge is 0.314 e. The number of aliphatic carboxylic acids is 1. The maximum Gasteiger partial charge on any atom is 0.314 e. The van der Waals surface area contributed by atoms with Crippen LogP contribution in [0.1, 0.15) is 18.9 Å². The first-order valence-corrected chi connectivity index (χ1v) is 9.31. The molecule has 0 aliphatic carbocycles. The zero-order chi connectivity index (χ0) is 20.3. The van der Waals surface area contributed by atoms with Crippen molar-refractivity contribution < 1.29 is 19.4 Å². The predicted octanol–water partition coefficient (Wildman–Crippen LogP) is 1.96. The molecule has 1 aliphatic rings. The van der Waals surface area contributed by atoms with Crippen LogP contribution in [0.2, 0.25) is 0 Å². The van der Waals surface area contributed by atoms with Gasteiger partial charge in [0.15, 0.2) is 0 Å². The van der Waals surface area contributed by atoms with E-state index < -0.39 is 23.3 Å². The SMILES string of the molecule is CCN(C)c1ccnc(N2CC[C@H](O)[C@](Cc3cccc(F)c3)(C(=O)O)C2)n1. The van der Waals surface area contributed by atoms with E-state index in [9.17, 15) is 19.4 Å². The van der Waals surface area contributed by atoms with Crippen LogP contribution in [0, 0.1) is 11.2 Å². The molecule has 2 heterocycles. The summed E-state index contributed by atoms with van der Waals surface area (Å²) in [6, 6.07) is 7.63. The largest absolute Gasteiger partial charge is 0.481 e. The topological polar surface area (TPSA) is 89.8 Å². The summed E-state index contributed by atoms with van der Waals surface area (Å²) in [6.45, 7) is 3.26. The van der Waals surface area contributed by atoms with Crippen molar-refractivity contribution in [2.24, 2.45) is 5.41 Å². The van der Waals surface area contributed by atoms with E-state index in [1.165, 1.54) is 12.1 Å². The van der Waals surface area contributed by atoms with E-state index in [0.717, 1.165) is 12.4 Å². The summed E-state index contributed by atoms with van der Waals surface area (Å²) in [5.74, 6) is -0.381. The molecule has 0 bridgehead atoms. The van der Waals surface area contributed by atoms with Crippen LogP contribution in [0.5, 0.6) is 0 Å². The minimum Gasteiger partial charge on any atom is -0.481 e. The van der Waals surface area contributed by atoms with Gasteiger partial charge < -0.3 is 20.0 Å². The Kier molecular flexibility index (Phi) is 5.79. The lowest BCUT2D eigenvalue weighted by Crippen LogP contribution is -2.57. The number of carboxylic acid groups (broad SMARTS) is 1. The molecule has 8 heteroatoms. The van der Waals surface area contributed by atoms with Gasteiger partial charge >= 0.3 is 5.97 Å². The van der Waals surface area contributed by atoms with Crippen molar-refractivity contribution in [2.75, 3.05) is 36.5 Å². The molecule has 0 spiro atoms. The Bertz CT molecular complexity index is 850. The van der Waals surface area contributed by atoms with Gasteiger partial charge in [0.1, 0.15) is 17.1 Å². The first-order valence-electron chi connectivity index (χ1n) is 9.31. The van der Waals surface area contributed by atoms with Crippen LogP contribution in [0.3, 0.4) is 0 Å². The normalized spacial score (nSPS) is 22.1. The van der Waals surface area contributed by atoms with Gasteiger partial charge in [0.05, 0.1) is 6.10 Å². The summed E-state index contributed by atoms with van der Waals surface area (Å²) < 4.78 is 13.6. The third-order valence-corrected chi connectivity index (χ3v) is 5.39. The van der Waals surface area contributed by atoms with E-state index in [2.05, 4.69) is 9.97 Å². The van der Waals surface area contributed by atoms with E-state index in [1.807, 2.05) is 18.9 Å². The molecule has 1 aromatic heterocycles. The second-order valence-corrected chi connectivity index (χ2v) is 7.22. The Balaban J connectivity index is 1.92. The highest BCUT2D eigenvalue weighted by atomic mass is 19.1. The molecule has 0 unspecified atom stereocenters. The number of nitrogens with zero attached hydrogens (tertiary/aromatic N) is 4. The third kappa shape index (κ3) is 3.91. The standard InChI is InChI=1S/C20H25FN4O3/c1-3-24(2)17-7-9-22-19(23-17)25-10-8-16(26)20(13-25,18(27)28)12-14-5-4-6-15(21)11-14/h4-7,9,11,16,26H,3,8,10,12-13H2,1-2H3,(H,27,28)/t16-,20+/m0/s1. The molecule has 0 radical (unpaired) electrons. The number of carboxylic acids is 1. The molecular weight excluding hydrogens is 363 g/mol. The fraction of sp³-hybridized carbons (Fsp3) is 0.450. The van der Waals surface area contributed by atoms with Crippen LogP contribution in [0.15, 0.2) is 36.5 Å². The number of piperidine rings is 1. The van der Waals surface area contributed by atoms with Crippen LogP contribution in [-0.2, 0) is 11.2 Å². The fourth-order valence-electron chi connectivity index (χ4n) is 3.59. The molecule has 28 heavy (non-hydrogen) atoms. The van der Waals surface area contributed by atoms with Crippen molar-refractivity contribution >= 4 is 17.7 Å². The molecule has 1 aliphatic heterocycles. The Morgan fingerprint density at radius 3 is 2.89 bits per heavy atom. The maximum atomic E-state index is 13.6. The molecule has 2 atom stereocenters. The van der Waals surface area contributed by atoms with E-state index in [1.54, 1.807) is 29.3 Å². The highest BCUT2D eigenvalue weighted by Crippen LogP contribution is 2.36. The molecule has 1 fully saturated rings. The predicted molar refractivity (Wildman–Crippen MR) is 104 cm³/mol. The van der Waals surface area contributed by atoms with Crippen molar-refractivity contribution in [2.45, 2.75) is 25.9 Å². The molecule has 1 aromatic carbocycles. The van der Waals surface area contributed by atoms with Gasteiger partial charge in [0.2, 0.25) is 5.95 Å². The summed E-state index contributed by atoms with van der Waals surface area (Å²) >= 11 is 0. The highest BCUT2D eigenvalue weighted by Gasteiger charge is 2.49. The molecule has 150 valence electrons. The van der Waals surface area contributed by atoms with E-state index >= 15 is 0 Å². The Labute approximate surface area is 163 Å². The van der Waals surface area contributed by atoms with Crippen molar-refractivity contribution in [3.63, 3.8) is 0 Å². The van der Waals surface area contributed by atoms with Crippen LogP contribution in [0.25, 0.3) is 0 Å². The van der Waals surface area contributed by atoms with Crippen molar-refractivity contribution in [3.8, 4) is 0 Å². The monoisotopic (exact) mass is 388 g/mol. The van der Waals surface area contributed by atoms with Crippen molar-refractivity contribution in [3.05, 3.63) is 47.9 Å². The lowest BCUT2D eigenvalue weighted by atomic mass is 9.73. The number of benzene rings is 1. The average molecular weight is 388 g/mol. The second-order valence-electron chi connectivity index (χ2n) is 7.22. The molecule has 3 rings (SSSR count). The Hall–Kier alpha value is -2.74. The minimum absolute atomic E-state index is 0.0202. The zero-order valence-electron chi connectivity index (χ0n) is 16.0. The van der Waals surface area contributed by atoms with Gasteiger partial charge in [-0.25, -0.2) is 9.37 Å². The number of halogens is 1. The lowest BCUT2D eigenvalue weighted by molar-refractivity contribution is -0.157. The maximum absolute atomic E-state index is 13.6. The highest BCUT2D eigenvalue weighted by molar-refractivity contribution is 5.77. The molecule has 1 saturated heterocycles. The molecule has 0 saturated carbocycles. The van der Waals surface area contributed by atoms with Gasteiger partial charge in [-0.3, -0.25) is 4.79 Å². The van der Waals surface area contributed by atoms with Crippen molar-refractivity contribution in [1.82, 2.24) is 9.97 Å². The van der Waals surface area contributed by atoms with Crippen LogP contribution >= 0.6 is 0 Å². The number of rotatable bonds is 6.